The lowest BCUT2D eigenvalue weighted by Crippen LogP contribution is -2.56. The molecule has 1 aromatic carbocycles. The van der Waals surface area contributed by atoms with E-state index in [1.165, 1.54) is 0 Å². The van der Waals surface area contributed by atoms with E-state index in [1.807, 2.05) is 30.3 Å². The Balaban J connectivity index is 2.14. The molecule has 1 fully saturated rings. The maximum absolute atomic E-state index is 12.6. The highest BCUT2D eigenvalue weighted by Crippen LogP contribution is 2.18. The van der Waals surface area contributed by atoms with Crippen molar-refractivity contribution in [3.8, 4) is 0 Å². The summed E-state index contributed by atoms with van der Waals surface area (Å²) >= 11 is 0. The van der Waals surface area contributed by atoms with Crippen LogP contribution in [0.3, 0.4) is 0 Å². The topological polar surface area (TPSA) is 23.6 Å². The Kier molecular flexibility index (Phi) is 4.72. The summed E-state index contributed by atoms with van der Waals surface area (Å²) in [6.07, 6.45) is 0.877. The molecule has 1 saturated heterocycles. The number of carbonyl (C=O) groups excluding carboxylic acids is 1. The number of nitrogens with zero attached hydrogens (tertiary/aromatic N) is 2. The van der Waals surface area contributed by atoms with E-state index in [0.29, 0.717) is 6.04 Å². The molecule has 0 bridgehead atoms. The quantitative estimate of drug-likeness (QED) is 0.776. The van der Waals surface area contributed by atoms with E-state index in [0.717, 1.165) is 31.6 Å². The first-order valence-corrected chi connectivity index (χ1v) is 7.17. The van der Waals surface area contributed by atoms with Crippen LogP contribution in [-0.2, 0) is 0 Å². The summed E-state index contributed by atoms with van der Waals surface area (Å²) in [5, 5.41) is 0. The van der Waals surface area contributed by atoms with Gasteiger partial charge < -0.3 is 4.90 Å². The van der Waals surface area contributed by atoms with Crippen molar-refractivity contribution in [2.75, 3.05) is 26.7 Å². The van der Waals surface area contributed by atoms with Crippen LogP contribution in [0.2, 0.25) is 0 Å². The third-order valence-electron chi connectivity index (χ3n) is 4.03. The van der Waals surface area contributed by atoms with E-state index >= 15 is 0 Å². The van der Waals surface area contributed by atoms with Gasteiger partial charge in [-0.2, -0.15) is 0 Å². The van der Waals surface area contributed by atoms with Crippen molar-refractivity contribution in [2.45, 2.75) is 32.4 Å². The van der Waals surface area contributed by atoms with Crippen LogP contribution in [0.4, 0.5) is 0 Å². The Labute approximate surface area is 116 Å². The van der Waals surface area contributed by atoms with Gasteiger partial charge >= 0.3 is 0 Å². The molecule has 0 aliphatic carbocycles. The number of rotatable bonds is 4. The van der Waals surface area contributed by atoms with Gasteiger partial charge in [0.1, 0.15) is 0 Å². The van der Waals surface area contributed by atoms with E-state index in [4.69, 9.17) is 0 Å². The largest absolute Gasteiger partial charge is 0.304 e. The predicted octanol–water partition coefficient (Wildman–Crippen LogP) is 2.28. The SMILES string of the molecule is CCC(C(=O)c1ccccc1)N1CCN(C)CC1C. The molecule has 3 nitrogen and oxygen atoms in total. The molecule has 2 rings (SSSR count). The Morgan fingerprint density at radius 2 is 2.00 bits per heavy atom. The Morgan fingerprint density at radius 3 is 2.58 bits per heavy atom. The summed E-state index contributed by atoms with van der Waals surface area (Å²) in [5.74, 6) is 0.263. The molecule has 1 aliphatic heterocycles. The molecule has 0 spiro atoms. The van der Waals surface area contributed by atoms with E-state index in [-0.39, 0.29) is 11.8 Å². The molecule has 19 heavy (non-hydrogen) atoms. The Morgan fingerprint density at radius 1 is 1.32 bits per heavy atom. The molecule has 0 aromatic heterocycles. The minimum atomic E-state index is 0.0195. The maximum Gasteiger partial charge on any atom is 0.179 e. The molecule has 0 saturated carbocycles. The first-order valence-electron chi connectivity index (χ1n) is 7.17. The standard InChI is InChI=1S/C16H24N2O/c1-4-15(16(19)14-8-6-5-7-9-14)18-11-10-17(3)12-13(18)2/h5-9,13,15H,4,10-12H2,1-3H3. The van der Waals surface area contributed by atoms with Crippen molar-refractivity contribution < 1.29 is 4.79 Å². The highest BCUT2D eigenvalue weighted by atomic mass is 16.1. The van der Waals surface area contributed by atoms with Gasteiger partial charge in [-0.3, -0.25) is 9.69 Å². The lowest BCUT2D eigenvalue weighted by molar-refractivity contribution is 0.0482. The molecule has 0 radical (unpaired) electrons. The third-order valence-corrected chi connectivity index (χ3v) is 4.03. The highest BCUT2D eigenvalue weighted by molar-refractivity contribution is 6.00. The summed E-state index contributed by atoms with van der Waals surface area (Å²) in [5.41, 5.74) is 0.834. The van der Waals surface area contributed by atoms with Crippen LogP contribution < -0.4 is 0 Å². The van der Waals surface area contributed by atoms with Crippen LogP contribution in [-0.4, -0.2) is 54.3 Å². The number of carbonyl (C=O) groups is 1. The average Bonchev–Trinajstić information content (AvgIpc) is 2.42. The summed E-state index contributed by atoms with van der Waals surface area (Å²) < 4.78 is 0. The first kappa shape index (κ1) is 14.2. The molecular weight excluding hydrogens is 236 g/mol. The zero-order valence-electron chi connectivity index (χ0n) is 12.2. The molecule has 1 aromatic rings. The van der Waals surface area contributed by atoms with E-state index < -0.39 is 0 Å². The second-order valence-electron chi connectivity index (χ2n) is 5.50. The number of Topliss-reactive ketones (excluding diaryl/α,β-unsaturated/α-hetero) is 1. The predicted molar refractivity (Wildman–Crippen MR) is 78.5 cm³/mol. The summed E-state index contributed by atoms with van der Waals surface area (Å²) in [7, 11) is 2.15. The van der Waals surface area contributed by atoms with Crippen molar-refractivity contribution >= 4 is 5.78 Å². The molecule has 1 aliphatic rings. The van der Waals surface area contributed by atoms with Gasteiger partial charge in [0.25, 0.3) is 0 Å². The van der Waals surface area contributed by atoms with Gasteiger partial charge in [0.05, 0.1) is 6.04 Å². The van der Waals surface area contributed by atoms with Gasteiger partial charge in [0, 0.05) is 31.2 Å². The Bertz CT molecular complexity index is 418. The highest BCUT2D eigenvalue weighted by Gasteiger charge is 2.31. The number of benzene rings is 1. The molecular formula is C16H24N2O. The van der Waals surface area contributed by atoms with Crippen LogP contribution in [0.1, 0.15) is 30.6 Å². The van der Waals surface area contributed by atoms with Crippen LogP contribution in [0.15, 0.2) is 30.3 Å². The van der Waals surface area contributed by atoms with Crippen molar-refractivity contribution in [1.82, 2.24) is 9.80 Å². The fraction of sp³-hybridized carbons (Fsp3) is 0.562. The summed E-state index contributed by atoms with van der Waals surface area (Å²) in [6.45, 7) is 7.39. The van der Waals surface area contributed by atoms with Gasteiger partial charge in [0.2, 0.25) is 0 Å². The number of ketones is 1. The van der Waals surface area contributed by atoms with Gasteiger partial charge in [-0.05, 0) is 20.4 Å². The van der Waals surface area contributed by atoms with Crippen molar-refractivity contribution in [3.05, 3.63) is 35.9 Å². The molecule has 104 valence electrons. The van der Waals surface area contributed by atoms with Gasteiger partial charge in [-0.1, -0.05) is 37.3 Å². The van der Waals surface area contributed by atoms with Gasteiger partial charge in [-0.15, -0.1) is 0 Å². The van der Waals surface area contributed by atoms with Crippen molar-refractivity contribution in [1.29, 1.82) is 0 Å². The van der Waals surface area contributed by atoms with Crippen LogP contribution in [0.5, 0.6) is 0 Å². The van der Waals surface area contributed by atoms with Gasteiger partial charge in [-0.25, -0.2) is 0 Å². The second kappa shape index (κ2) is 6.31. The number of likely N-dealkylation sites (N-methyl/N-ethyl adjacent to an activating group) is 1. The summed E-state index contributed by atoms with van der Waals surface area (Å²) in [4.78, 5) is 17.4. The van der Waals surface area contributed by atoms with Crippen LogP contribution in [0.25, 0.3) is 0 Å². The molecule has 2 atom stereocenters. The number of piperazine rings is 1. The number of hydrogen-bond acceptors (Lipinski definition) is 3. The van der Waals surface area contributed by atoms with Crippen molar-refractivity contribution in [3.63, 3.8) is 0 Å². The fourth-order valence-corrected chi connectivity index (χ4v) is 2.98. The Hall–Kier alpha value is -1.19. The maximum atomic E-state index is 12.6. The molecule has 0 amide bonds. The monoisotopic (exact) mass is 260 g/mol. The van der Waals surface area contributed by atoms with E-state index in [2.05, 4.69) is 30.7 Å². The molecule has 2 unspecified atom stereocenters. The van der Waals surface area contributed by atoms with E-state index in [9.17, 15) is 4.79 Å². The minimum Gasteiger partial charge on any atom is -0.304 e. The average molecular weight is 260 g/mol. The fourth-order valence-electron chi connectivity index (χ4n) is 2.98. The third kappa shape index (κ3) is 3.23. The molecule has 1 heterocycles. The zero-order chi connectivity index (χ0) is 13.8. The lowest BCUT2D eigenvalue weighted by atomic mass is 9.98. The van der Waals surface area contributed by atoms with Crippen molar-refractivity contribution in [2.24, 2.45) is 0 Å². The second-order valence-corrected chi connectivity index (χ2v) is 5.50. The number of hydrogen-bond donors (Lipinski definition) is 0. The van der Waals surface area contributed by atoms with Crippen LogP contribution >= 0.6 is 0 Å². The normalized spacial score (nSPS) is 23.2. The minimum absolute atomic E-state index is 0.0195. The summed E-state index contributed by atoms with van der Waals surface area (Å²) in [6, 6.07) is 10.1. The van der Waals surface area contributed by atoms with Gasteiger partial charge in [0.15, 0.2) is 5.78 Å². The lowest BCUT2D eigenvalue weighted by Gasteiger charge is -2.42. The molecule has 3 heteroatoms. The zero-order valence-corrected chi connectivity index (χ0v) is 12.2. The van der Waals surface area contributed by atoms with E-state index in [1.54, 1.807) is 0 Å². The molecule has 0 N–H and O–H groups in total. The first-order chi connectivity index (χ1) is 9.13. The van der Waals surface area contributed by atoms with Crippen LogP contribution in [0, 0.1) is 0 Å². The smallest absolute Gasteiger partial charge is 0.179 e.